The molecular formula is C14H10FN3O2. The summed E-state index contributed by atoms with van der Waals surface area (Å²) in [6.45, 7) is 1.68. The van der Waals surface area contributed by atoms with Crippen molar-refractivity contribution in [1.82, 2.24) is 14.6 Å². The molecule has 0 aliphatic rings. The minimum Gasteiger partial charge on any atom is -0.478 e. The first-order valence-corrected chi connectivity index (χ1v) is 5.90. The predicted octanol–water partition coefficient (Wildman–Crippen LogP) is 2.54. The van der Waals surface area contributed by atoms with Crippen molar-refractivity contribution in [1.29, 1.82) is 0 Å². The second-order valence-electron chi connectivity index (χ2n) is 4.44. The minimum atomic E-state index is -1.06. The lowest BCUT2D eigenvalue weighted by atomic mass is 10.1. The van der Waals surface area contributed by atoms with E-state index in [0.29, 0.717) is 16.9 Å². The summed E-state index contributed by atoms with van der Waals surface area (Å²) in [6, 6.07) is 6.42. The van der Waals surface area contributed by atoms with E-state index in [9.17, 15) is 9.18 Å². The number of nitrogens with zero attached hydrogens (tertiary/aromatic N) is 3. The van der Waals surface area contributed by atoms with Gasteiger partial charge in [0.2, 0.25) is 0 Å². The monoisotopic (exact) mass is 271 g/mol. The van der Waals surface area contributed by atoms with Gasteiger partial charge in [-0.25, -0.2) is 18.7 Å². The number of rotatable bonds is 2. The van der Waals surface area contributed by atoms with Gasteiger partial charge in [-0.05, 0) is 30.7 Å². The van der Waals surface area contributed by atoms with E-state index in [1.54, 1.807) is 25.1 Å². The zero-order chi connectivity index (χ0) is 14.3. The fourth-order valence-corrected chi connectivity index (χ4v) is 1.93. The molecule has 5 nitrogen and oxygen atoms in total. The molecule has 6 heteroatoms. The molecule has 0 fully saturated rings. The zero-order valence-corrected chi connectivity index (χ0v) is 10.5. The lowest BCUT2D eigenvalue weighted by Crippen LogP contribution is -2.01. The van der Waals surface area contributed by atoms with Gasteiger partial charge in [-0.1, -0.05) is 0 Å². The van der Waals surface area contributed by atoms with Crippen molar-refractivity contribution in [2.24, 2.45) is 0 Å². The molecule has 0 bridgehead atoms. The number of carbonyl (C=O) groups is 1. The molecule has 0 atom stereocenters. The normalized spacial score (nSPS) is 10.9. The first-order valence-electron chi connectivity index (χ1n) is 5.90. The number of hydrogen-bond donors (Lipinski definition) is 1. The number of aromatic nitrogens is 3. The number of benzene rings is 1. The first kappa shape index (κ1) is 12.3. The summed E-state index contributed by atoms with van der Waals surface area (Å²) >= 11 is 0. The highest BCUT2D eigenvalue weighted by Gasteiger charge is 2.10. The minimum absolute atomic E-state index is 0.0578. The fraction of sp³-hybridized carbons (Fsp3) is 0.0714. The van der Waals surface area contributed by atoms with Crippen LogP contribution in [0.2, 0.25) is 0 Å². The summed E-state index contributed by atoms with van der Waals surface area (Å²) < 4.78 is 14.7. The van der Waals surface area contributed by atoms with E-state index >= 15 is 0 Å². The molecule has 3 rings (SSSR count). The lowest BCUT2D eigenvalue weighted by Gasteiger charge is -1.99. The van der Waals surface area contributed by atoms with Crippen LogP contribution in [0.15, 0.2) is 36.7 Å². The van der Waals surface area contributed by atoms with Crippen LogP contribution in [0.1, 0.15) is 15.9 Å². The molecule has 0 saturated heterocycles. The molecule has 0 spiro atoms. The molecule has 3 aromatic rings. The van der Waals surface area contributed by atoms with Crippen LogP contribution >= 0.6 is 0 Å². The molecular weight excluding hydrogens is 261 g/mol. The van der Waals surface area contributed by atoms with Gasteiger partial charge in [0.15, 0.2) is 5.65 Å². The standard InChI is InChI=1S/C14H10FN3O2/c1-8-4-9(2-3-11(8)15)12-5-13-16-6-10(14(19)20)7-18(13)17-12/h2-7H,1H3,(H,19,20). The third kappa shape index (κ3) is 2.01. The van der Waals surface area contributed by atoms with Gasteiger partial charge >= 0.3 is 5.97 Å². The molecule has 100 valence electrons. The van der Waals surface area contributed by atoms with Gasteiger partial charge in [-0.2, -0.15) is 5.10 Å². The highest BCUT2D eigenvalue weighted by atomic mass is 19.1. The van der Waals surface area contributed by atoms with Crippen molar-refractivity contribution in [3.05, 3.63) is 53.6 Å². The maximum Gasteiger partial charge on any atom is 0.338 e. The number of aromatic carboxylic acids is 1. The zero-order valence-electron chi connectivity index (χ0n) is 10.5. The van der Waals surface area contributed by atoms with Gasteiger partial charge in [-0.3, -0.25) is 0 Å². The number of carboxylic acids is 1. The summed E-state index contributed by atoms with van der Waals surface area (Å²) in [5, 5.41) is 13.2. The van der Waals surface area contributed by atoms with Crippen LogP contribution in [0.5, 0.6) is 0 Å². The molecule has 1 aromatic carbocycles. The topological polar surface area (TPSA) is 67.5 Å². The Bertz CT molecular complexity index is 826. The SMILES string of the molecule is Cc1cc(-c2cc3ncc(C(=O)O)cn3n2)ccc1F. The molecule has 0 aliphatic heterocycles. The largest absolute Gasteiger partial charge is 0.478 e. The summed E-state index contributed by atoms with van der Waals surface area (Å²) in [5.74, 6) is -1.34. The van der Waals surface area contributed by atoms with Crippen LogP contribution in [-0.4, -0.2) is 25.7 Å². The van der Waals surface area contributed by atoms with Crippen LogP contribution in [0.4, 0.5) is 4.39 Å². The van der Waals surface area contributed by atoms with Crippen molar-refractivity contribution >= 4 is 11.6 Å². The Kier molecular flexibility index (Phi) is 2.71. The highest BCUT2D eigenvalue weighted by molar-refractivity contribution is 5.87. The molecule has 2 aromatic heterocycles. The van der Waals surface area contributed by atoms with E-state index in [1.807, 2.05) is 0 Å². The Hall–Kier alpha value is -2.76. The maximum atomic E-state index is 13.3. The molecule has 2 heterocycles. The lowest BCUT2D eigenvalue weighted by molar-refractivity contribution is 0.0695. The van der Waals surface area contributed by atoms with Crippen LogP contribution < -0.4 is 0 Å². The second kappa shape index (κ2) is 4.41. The number of hydrogen-bond acceptors (Lipinski definition) is 3. The Labute approximate surface area is 113 Å². The average Bonchev–Trinajstić information content (AvgIpc) is 2.84. The Morgan fingerprint density at radius 1 is 1.35 bits per heavy atom. The Morgan fingerprint density at radius 2 is 2.15 bits per heavy atom. The second-order valence-corrected chi connectivity index (χ2v) is 4.44. The van der Waals surface area contributed by atoms with E-state index in [4.69, 9.17) is 5.11 Å². The van der Waals surface area contributed by atoms with Gasteiger partial charge in [0, 0.05) is 24.0 Å². The molecule has 0 unspecified atom stereocenters. The van der Waals surface area contributed by atoms with E-state index in [1.165, 1.54) is 23.0 Å². The van der Waals surface area contributed by atoms with Gasteiger partial charge in [0.1, 0.15) is 5.82 Å². The number of carboxylic acid groups (broad SMARTS) is 1. The molecule has 0 radical (unpaired) electrons. The number of aryl methyl sites for hydroxylation is 1. The summed E-state index contributed by atoms with van der Waals surface area (Å²) in [7, 11) is 0. The first-order chi connectivity index (χ1) is 9.54. The highest BCUT2D eigenvalue weighted by Crippen LogP contribution is 2.21. The summed E-state index contributed by atoms with van der Waals surface area (Å²) in [6.07, 6.45) is 2.67. The maximum absolute atomic E-state index is 13.3. The van der Waals surface area contributed by atoms with E-state index in [0.717, 1.165) is 5.56 Å². The van der Waals surface area contributed by atoms with Crippen molar-refractivity contribution < 1.29 is 14.3 Å². The Balaban J connectivity index is 2.12. The van der Waals surface area contributed by atoms with Crippen LogP contribution in [0, 0.1) is 12.7 Å². The van der Waals surface area contributed by atoms with Crippen molar-refractivity contribution in [3.63, 3.8) is 0 Å². The van der Waals surface area contributed by atoms with Gasteiger partial charge in [0.05, 0.1) is 11.3 Å². The van der Waals surface area contributed by atoms with Crippen LogP contribution in [0.25, 0.3) is 16.9 Å². The van der Waals surface area contributed by atoms with E-state index in [2.05, 4.69) is 10.1 Å². The predicted molar refractivity (Wildman–Crippen MR) is 70.1 cm³/mol. The molecule has 1 N–H and O–H groups in total. The van der Waals surface area contributed by atoms with Gasteiger partial charge in [0.25, 0.3) is 0 Å². The fourth-order valence-electron chi connectivity index (χ4n) is 1.93. The van der Waals surface area contributed by atoms with E-state index < -0.39 is 5.97 Å². The third-order valence-electron chi connectivity index (χ3n) is 3.01. The number of fused-ring (bicyclic) bond motifs is 1. The molecule has 0 aliphatic carbocycles. The van der Waals surface area contributed by atoms with Crippen molar-refractivity contribution in [2.75, 3.05) is 0 Å². The van der Waals surface area contributed by atoms with Gasteiger partial charge in [-0.15, -0.1) is 0 Å². The molecule has 20 heavy (non-hydrogen) atoms. The summed E-state index contributed by atoms with van der Waals surface area (Å²) in [5.41, 5.74) is 2.49. The average molecular weight is 271 g/mol. The van der Waals surface area contributed by atoms with Crippen molar-refractivity contribution in [2.45, 2.75) is 6.92 Å². The summed E-state index contributed by atoms with van der Waals surface area (Å²) in [4.78, 5) is 14.9. The van der Waals surface area contributed by atoms with Crippen molar-refractivity contribution in [3.8, 4) is 11.3 Å². The smallest absolute Gasteiger partial charge is 0.338 e. The molecule has 0 amide bonds. The van der Waals surface area contributed by atoms with E-state index in [-0.39, 0.29) is 11.4 Å². The van der Waals surface area contributed by atoms with Crippen LogP contribution in [-0.2, 0) is 0 Å². The number of halogens is 1. The third-order valence-corrected chi connectivity index (χ3v) is 3.01. The van der Waals surface area contributed by atoms with Gasteiger partial charge < -0.3 is 5.11 Å². The van der Waals surface area contributed by atoms with Crippen LogP contribution in [0.3, 0.4) is 0 Å². The quantitative estimate of drug-likeness (QED) is 0.777. The molecule has 0 saturated carbocycles. The Morgan fingerprint density at radius 3 is 2.85 bits per heavy atom.